The van der Waals surface area contributed by atoms with Crippen molar-refractivity contribution in [1.29, 1.82) is 0 Å². The van der Waals surface area contributed by atoms with Gasteiger partial charge in [-0.1, -0.05) is 29.8 Å². The molecule has 1 amide bonds. The molecule has 2 aromatic carbocycles. The zero-order valence-electron chi connectivity index (χ0n) is 11.4. The third-order valence-corrected chi connectivity index (χ3v) is 2.85. The Morgan fingerprint density at radius 3 is 2.14 bits per heavy atom. The predicted octanol–water partition coefficient (Wildman–Crippen LogP) is 2.46. The molecule has 0 radical (unpaired) electrons. The minimum atomic E-state index is -0.980. The van der Waals surface area contributed by atoms with E-state index in [1.165, 1.54) is 18.3 Å². The van der Waals surface area contributed by atoms with Crippen LogP contribution in [-0.4, -0.2) is 23.2 Å². The van der Waals surface area contributed by atoms with Crippen molar-refractivity contribution in [3.8, 4) is 0 Å². The summed E-state index contributed by atoms with van der Waals surface area (Å²) in [5.41, 5.74) is 4.93. The van der Waals surface area contributed by atoms with Gasteiger partial charge in [-0.05, 0) is 36.8 Å². The molecule has 0 aliphatic rings. The van der Waals surface area contributed by atoms with Crippen LogP contribution in [0.4, 0.5) is 0 Å². The van der Waals surface area contributed by atoms with Gasteiger partial charge in [-0.3, -0.25) is 4.79 Å². The number of carbonyl (C=O) groups excluding carboxylic acids is 1. The average molecular weight is 282 g/mol. The highest BCUT2D eigenvalue weighted by Gasteiger charge is 2.03. The topological polar surface area (TPSA) is 78.8 Å². The minimum Gasteiger partial charge on any atom is -0.478 e. The molecule has 0 aromatic heterocycles. The lowest BCUT2D eigenvalue weighted by Gasteiger charge is -2.00. The number of carboxylic acids is 1. The third kappa shape index (κ3) is 4.01. The molecule has 5 nitrogen and oxygen atoms in total. The highest BCUT2D eigenvalue weighted by Crippen LogP contribution is 2.04. The zero-order valence-corrected chi connectivity index (χ0v) is 11.4. The summed E-state index contributed by atoms with van der Waals surface area (Å²) in [6, 6.07) is 13.3. The number of aromatic carboxylic acids is 1. The maximum absolute atomic E-state index is 11.8. The number of rotatable bonds is 4. The molecule has 21 heavy (non-hydrogen) atoms. The molecule has 0 saturated heterocycles. The lowest BCUT2D eigenvalue weighted by atomic mass is 10.1. The minimum absolute atomic E-state index is 0.204. The molecule has 2 N–H and O–H groups in total. The average Bonchev–Trinajstić information content (AvgIpc) is 2.48. The summed E-state index contributed by atoms with van der Waals surface area (Å²) in [7, 11) is 0. The molecule has 0 bridgehead atoms. The molecule has 0 atom stereocenters. The Morgan fingerprint density at radius 2 is 1.57 bits per heavy atom. The van der Waals surface area contributed by atoms with Crippen LogP contribution in [0.15, 0.2) is 53.6 Å². The van der Waals surface area contributed by atoms with Crippen LogP contribution in [0.25, 0.3) is 0 Å². The lowest BCUT2D eigenvalue weighted by Crippen LogP contribution is -2.17. The quantitative estimate of drug-likeness (QED) is 0.668. The third-order valence-electron chi connectivity index (χ3n) is 2.85. The van der Waals surface area contributed by atoms with Crippen LogP contribution < -0.4 is 5.43 Å². The molecule has 0 saturated carbocycles. The lowest BCUT2D eigenvalue weighted by molar-refractivity contribution is 0.0696. The summed E-state index contributed by atoms with van der Waals surface area (Å²) >= 11 is 0. The Kier molecular flexibility index (Phi) is 4.46. The maximum Gasteiger partial charge on any atom is 0.335 e. The zero-order chi connectivity index (χ0) is 15.2. The van der Waals surface area contributed by atoms with Crippen LogP contribution in [0.5, 0.6) is 0 Å². The van der Waals surface area contributed by atoms with E-state index in [2.05, 4.69) is 10.5 Å². The summed E-state index contributed by atoms with van der Waals surface area (Å²) in [6.45, 7) is 1.95. The summed E-state index contributed by atoms with van der Waals surface area (Å²) in [6.07, 6.45) is 1.46. The first-order chi connectivity index (χ1) is 10.1. The van der Waals surface area contributed by atoms with Crippen molar-refractivity contribution < 1.29 is 14.7 Å². The van der Waals surface area contributed by atoms with Crippen LogP contribution in [0, 0.1) is 6.92 Å². The number of hydrogen-bond donors (Lipinski definition) is 2. The highest BCUT2D eigenvalue weighted by molar-refractivity contribution is 5.95. The van der Waals surface area contributed by atoms with E-state index in [9.17, 15) is 9.59 Å². The number of hydrogen-bond acceptors (Lipinski definition) is 3. The van der Waals surface area contributed by atoms with Gasteiger partial charge in [0.15, 0.2) is 0 Å². The normalized spacial score (nSPS) is 10.5. The Balaban J connectivity index is 1.97. The Labute approximate surface area is 121 Å². The largest absolute Gasteiger partial charge is 0.478 e. The van der Waals surface area contributed by atoms with Crippen LogP contribution >= 0.6 is 0 Å². The van der Waals surface area contributed by atoms with Gasteiger partial charge in [0.2, 0.25) is 0 Å². The van der Waals surface area contributed by atoms with Crippen LogP contribution in [0.1, 0.15) is 31.8 Å². The van der Waals surface area contributed by atoms with Gasteiger partial charge in [0.1, 0.15) is 0 Å². The van der Waals surface area contributed by atoms with Crippen molar-refractivity contribution in [1.82, 2.24) is 5.43 Å². The second kappa shape index (κ2) is 6.47. The molecule has 106 valence electrons. The molecular weight excluding hydrogens is 268 g/mol. The SMILES string of the molecule is Cc1ccc(C(=O)NN=Cc2ccc(C(=O)O)cc2)cc1. The number of hydrazone groups is 1. The molecule has 0 heterocycles. The van der Waals surface area contributed by atoms with Gasteiger partial charge < -0.3 is 5.11 Å². The number of nitrogens with one attached hydrogen (secondary N) is 1. The Bertz CT molecular complexity index is 674. The molecule has 2 aromatic rings. The fourth-order valence-corrected chi connectivity index (χ4v) is 1.65. The van der Waals surface area contributed by atoms with E-state index in [-0.39, 0.29) is 11.5 Å². The second-order valence-electron chi connectivity index (χ2n) is 4.49. The van der Waals surface area contributed by atoms with Gasteiger partial charge in [0.25, 0.3) is 5.91 Å². The van der Waals surface area contributed by atoms with E-state index in [0.717, 1.165) is 5.56 Å². The van der Waals surface area contributed by atoms with Gasteiger partial charge in [-0.15, -0.1) is 0 Å². The van der Waals surface area contributed by atoms with E-state index >= 15 is 0 Å². The van der Waals surface area contributed by atoms with Crippen molar-refractivity contribution in [3.63, 3.8) is 0 Å². The fraction of sp³-hybridized carbons (Fsp3) is 0.0625. The molecule has 0 aliphatic carbocycles. The highest BCUT2D eigenvalue weighted by atomic mass is 16.4. The first-order valence-electron chi connectivity index (χ1n) is 6.30. The van der Waals surface area contributed by atoms with Gasteiger partial charge >= 0.3 is 5.97 Å². The smallest absolute Gasteiger partial charge is 0.335 e. The van der Waals surface area contributed by atoms with Crippen LogP contribution in [-0.2, 0) is 0 Å². The number of amides is 1. The Hall–Kier alpha value is -2.95. The van der Waals surface area contributed by atoms with Crippen LogP contribution in [0.3, 0.4) is 0 Å². The van der Waals surface area contributed by atoms with Crippen molar-refractivity contribution in [3.05, 3.63) is 70.8 Å². The predicted molar refractivity (Wildman–Crippen MR) is 79.6 cm³/mol. The summed E-state index contributed by atoms with van der Waals surface area (Å²) in [4.78, 5) is 22.5. The van der Waals surface area contributed by atoms with Crippen molar-refractivity contribution >= 4 is 18.1 Å². The first-order valence-corrected chi connectivity index (χ1v) is 6.30. The van der Waals surface area contributed by atoms with Gasteiger partial charge in [-0.2, -0.15) is 5.10 Å². The van der Waals surface area contributed by atoms with Gasteiger partial charge in [-0.25, -0.2) is 10.2 Å². The van der Waals surface area contributed by atoms with Crippen molar-refractivity contribution in [2.75, 3.05) is 0 Å². The van der Waals surface area contributed by atoms with Gasteiger partial charge in [0, 0.05) is 5.56 Å². The van der Waals surface area contributed by atoms with E-state index in [0.29, 0.717) is 11.1 Å². The summed E-state index contributed by atoms with van der Waals surface area (Å²) in [5.74, 6) is -1.28. The maximum atomic E-state index is 11.8. The van der Waals surface area contributed by atoms with Crippen molar-refractivity contribution in [2.45, 2.75) is 6.92 Å². The number of carboxylic acid groups (broad SMARTS) is 1. The number of carbonyl (C=O) groups is 2. The fourth-order valence-electron chi connectivity index (χ4n) is 1.65. The first kappa shape index (κ1) is 14.5. The number of nitrogens with zero attached hydrogens (tertiary/aromatic N) is 1. The van der Waals surface area contributed by atoms with E-state index in [4.69, 9.17) is 5.11 Å². The molecule has 5 heteroatoms. The molecule has 0 unspecified atom stereocenters. The standard InChI is InChI=1S/C16H14N2O3/c1-11-2-6-13(7-3-11)15(19)18-17-10-12-4-8-14(9-5-12)16(20)21/h2-10H,1H3,(H,18,19)(H,20,21). The number of aryl methyl sites for hydroxylation is 1. The molecule has 2 rings (SSSR count). The number of benzene rings is 2. The summed E-state index contributed by atoms with van der Waals surface area (Å²) in [5, 5.41) is 12.6. The Morgan fingerprint density at radius 1 is 1.00 bits per heavy atom. The van der Waals surface area contributed by atoms with Crippen molar-refractivity contribution in [2.24, 2.45) is 5.10 Å². The van der Waals surface area contributed by atoms with E-state index in [1.807, 2.05) is 19.1 Å². The molecule has 0 aliphatic heterocycles. The van der Waals surface area contributed by atoms with Gasteiger partial charge in [0.05, 0.1) is 11.8 Å². The monoisotopic (exact) mass is 282 g/mol. The molecule has 0 spiro atoms. The van der Waals surface area contributed by atoms with E-state index < -0.39 is 5.97 Å². The molecular formula is C16H14N2O3. The second-order valence-corrected chi connectivity index (χ2v) is 4.49. The summed E-state index contributed by atoms with van der Waals surface area (Å²) < 4.78 is 0. The van der Waals surface area contributed by atoms with E-state index in [1.54, 1.807) is 24.3 Å². The van der Waals surface area contributed by atoms with Crippen LogP contribution in [0.2, 0.25) is 0 Å². The molecule has 0 fully saturated rings.